The van der Waals surface area contributed by atoms with Gasteiger partial charge in [-0.15, -0.1) is 0 Å². The molecule has 1 aliphatic rings. The van der Waals surface area contributed by atoms with Crippen molar-refractivity contribution in [2.45, 2.75) is 33.1 Å². The van der Waals surface area contributed by atoms with Gasteiger partial charge in [-0.3, -0.25) is 4.79 Å². The lowest BCUT2D eigenvalue weighted by molar-refractivity contribution is -0.122. The molecule has 0 radical (unpaired) electrons. The van der Waals surface area contributed by atoms with Crippen LogP contribution in [0.5, 0.6) is 5.75 Å². The third kappa shape index (κ3) is 3.11. The van der Waals surface area contributed by atoms with Crippen LogP contribution >= 0.6 is 0 Å². The quantitative estimate of drug-likeness (QED) is 0.914. The van der Waals surface area contributed by atoms with Crippen LogP contribution in [0.1, 0.15) is 33.1 Å². The van der Waals surface area contributed by atoms with Crippen molar-refractivity contribution >= 4 is 11.6 Å². The van der Waals surface area contributed by atoms with Crippen LogP contribution in [0.2, 0.25) is 0 Å². The van der Waals surface area contributed by atoms with E-state index in [9.17, 15) is 4.79 Å². The fraction of sp³-hybridized carbons (Fsp3) is 0.500. The van der Waals surface area contributed by atoms with E-state index in [1.165, 1.54) is 0 Å². The molecular weight excluding hydrogens is 252 g/mol. The fourth-order valence-electron chi connectivity index (χ4n) is 2.84. The van der Waals surface area contributed by atoms with Gasteiger partial charge in [0.1, 0.15) is 11.8 Å². The highest BCUT2D eigenvalue weighted by Crippen LogP contribution is 2.43. The maximum atomic E-state index is 12.4. The molecule has 1 unspecified atom stereocenters. The maximum absolute atomic E-state index is 12.4. The third-order valence-electron chi connectivity index (χ3n) is 4.01. The zero-order valence-electron chi connectivity index (χ0n) is 12.0. The minimum Gasteiger partial charge on any atom is -0.477 e. The summed E-state index contributed by atoms with van der Waals surface area (Å²) < 4.78 is 5.33. The Bertz CT molecular complexity index is 532. The molecule has 20 heavy (non-hydrogen) atoms. The molecule has 2 rings (SSSR count). The second kappa shape index (κ2) is 5.96. The first kappa shape index (κ1) is 14.4. The molecule has 0 spiro atoms. The zero-order chi connectivity index (χ0) is 14.6. The van der Waals surface area contributed by atoms with E-state index in [0.717, 1.165) is 19.3 Å². The van der Waals surface area contributed by atoms with Crippen LogP contribution in [0.3, 0.4) is 0 Å². The van der Waals surface area contributed by atoms with Gasteiger partial charge in [-0.05, 0) is 30.4 Å². The lowest BCUT2D eigenvalue weighted by Gasteiger charge is -2.26. The first-order valence-electron chi connectivity index (χ1n) is 6.94. The van der Waals surface area contributed by atoms with E-state index >= 15 is 0 Å². The van der Waals surface area contributed by atoms with Gasteiger partial charge in [0.2, 0.25) is 5.91 Å². The Morgan fingerprint density at radius 1 is 1.50 bits per heavy atom. The number of carbonyl (C=O) groups is 1. The summed E-state index contributed by atoms with van der Waals surface area (Å²) in [5.41, 5.74) is 0.683. The Kier molecular flexibility index (Phi) is 4.29. The standard InChI is InChI=1S/C16H20N2O2/c1-16(2)9-5-6-12(16)15(19)18-13-7-3-4-8-14(13)20-11-10-17/h3-4,7-8,12H,5-6,9,11H2,1-2H3,(H,18,19). The van der Waals surface area contributed by atoms with Crippen LogP contribution in [-0.4, -0.2) is 12.5 Å². The molecule has 4 nitrogen and oxygen atoms in total. The Morgan fingerprint density at radius 3 is 2.90 bits per heavy atom. The van der Waals surface area contributed by atoms with Crippen molar-refractivity contribution in [3.05, 3.63) is 24.3 Å². The SMILES string of the molecule is CC1(C)CCCC1C(=O)Nc1ccccc1OCC#N. The minimum absolute atomic E-state index is 0.0260. The number of nitriles is 1. The lowest BCUT2D eigenvalue weighted by atomic mass is 9.81. The molecule has 1 aromatic rings. The largest absolute Gasteiger partial charge is 0.477 e. The summed E-state index contributed by atoms with van der Waals surface area (Å²) in [5.74, 6) is 0.616. The van der Waals surface area contributed by atoms with Crippen molar-refractivity contribution < 1.29 is 9.53 Å². The number of para-hydroxylation sites is 2. The fourth-order valence-corrected chi connectivity index (χ4v) is 2.84. The van der Waals surface area contributed by atoms with Gasteiger partial charge in [0, 0.05) is 5.92 Å². The lowest BCUT2D eigenvalue weighted by Crippen LogP contribution is -2.30. The van der Waals surface area contributed by atoms with E-state index < -0.39 is 0 Å². The van der Waals surface area contributed by atoms with E-state index in [1.807, 2.05) is 18.2 Å². The van der Waals surface area contributed by atoms with Gasteiger partial charge >= 0.3 is 0 Å². The first-order valence-corrected chi connectivity index (χ1v) is 6.94. The molecular formula is C16H20N2O2. The van der Waals surface area contributed by atoms with Crippen LogP contribution in [0, 0.1) is 22.7 Å². The number of carbonyl (C=O) groups excluding carboxylic acids is 1. The highest BCUT2D eigenvalue weighted by Gasteiger charge is 2.39. The molecule has 1 atom stereocenters. The predicted molar refractivity (Wildman–Crippen MR) is 77.3 cm³/mol. The number of hydrogen-bond acceptors (Lipinski definition) is 3. The summed E-state index contributed by atoms with van der Waals surface area (Å²) in [6.07, 6.45) is 3.11. The monoisotopic (exact) mass is 272 g/mol. The Hall–Kier alpha value is -2.02. The number of rotatable bonds is 4. The molecule has 0 saturated heterocycles. The molecule has 0 aromatic heterocycles. The highest BCUT2D eigenvalue weighted by molar-refractivity contribution is 5.94. The Morgan fingerprint density at radius 2 is 2.25 bits per heavy atom. The molecule has 1 aliphatic carbocycles. The second-order valence-corrected chi connectivity index (χ2v) is 5.87. The molecule has 0 aliphatic heterocycles. The number of anilines is 1. The third-order valence-corrected chi connectivity index (χ3v) is 4.01. The first-order chi connectivity index (χ1) is 9.54. The Balaban J connectivity index is 2.10. The molecule has 106 valence electrons. The van der Waals surface area contributed by atoms with Gasteiger partial charge in [0.15, 0.2) is 6.61 Å². The van der Waals surface area contributed by atoms with Crippen molar-refractivity contribution in [2.75, 3.05) is 11.9 Å². The molecule has 0 bridgehead atoms. The van der Waals surface area contributed by atoms with Crippen LogP contribution in [-0.2, 0) is 4.79 Å². The van der Waals surface area contributed by atoms with Gasteiger partial charge in [-0.1, -0.05) is 32.4 Å². The topological polar surface area (TPSA) is 62.1 Å². The highest BCUT2D eigenvalue weighted by atomic mass is 16.5. The molecule has 0 heterocycles. The van der Waals surface area contributed by atoms with Gasteiger partial charge < -0.3 is 10.1 Å². The smallest absolute Gasteiger partial charge is 0.228 e. The van der Waals surface area contributed by atoms with E-state index in [1.54, 1.807) is 12.1 Å². The van der Waals surface area contributed by atoms with Crippen LogP contribution < -0.4 is 10.1 Å². The summed E-state index contributed by atoms with van der Waals surface area (Å²) in [6, 6.07) is 9.15. The number of nitrogens with zero attached hydrogens (tertiary/aromatic N) is 1. The summed E-state index contributed by atoms with van der Waals surface area (Å²) >= 11 is 0. The summed E-state index contributed by atoms with van der Waals surface area (Å²) in [4.78, 5) is 12.4. The maximum Gasteiger partial charge on any atom is 0.228 e. The van der Waals surface area contributed by atoms with Crippen molar-refractivity contribution in [3.8, 4) is 11.8 Å². The second-order valence-electron chi connectivity index (χ2n) is 5.87. The van der Waals surface area contributed by atoms with Gasteiger partial charge in [-0.25, -0.2) is 0 Å². The van der Waals surface area contributed by atoms with E-state index in [4.69, 9.17) is 10.00 Å². The number of amides is 1. The van der Waals surface area contributed by atoms with Gasteiger partial charge in [0.05, 0.1) is 5.69 Å². The van der Waals surface area contributed by atoms with Gasteiger partial charge in [-0.2, -0.15) is 5.26 Å². The minimum atomic E-state index is -0.0260. The summed E-state index contributed by atoms with van der Waals surface area (Å²) in [5, 5.41) is 11.5. The van der Waals surface area contributed by atoms with Crippen LogP contribution in [0.4, 0.5) is 5.69 Å². The van der Waals surface area contributed by atoms with Crippen molar-refractivity contribution in [1.29, 1.82) is 5.26 Å². The van der Waals surface area contributed by atoms with E-state index in [0.29, 0.717) is 11.4 Å². The van der Waals surface area contributed by atoms with Crippen molar-refractivity contribution in [3.63, 3.8) is 0 Å². The van der Waals surface area contributed by atoms with E-state index in [2.05, 4.69) is 19.2 Å². The van der Waals surface area contributed by atoms with E-state index in [-0.39, 0.29) is 23.8 Å². The molecule has 1 amide bonds. The van der Waals surface area contributed by atoms with Crippen LogP contribution in [0.15, 0.2) is 24.3 Å². The molecule has 1 saturated carbocycles. The van der Waals surface area contributed by atoms with Crippen LogP contribution in [0.25, 0.3) is 0 Å². The molecule has 1 N–H and O–H groups in total. The molecule has 1 fully saturated rings. The number of nitrogens with one attached hydrogen (secondary N) is 1. The predicted octanol–water partition coefficient (Wildman–Crippen LogP) is 3.35. The molecule has 1 aromatic carbocycles. The summed E-state index contributed by atoms with van der Waals surface area (Å²) in [6.45, 7) is 4.26. The zero-order valence-corrected chi connectivity index (χ0v) is 12.0. The normalized spacial score (nSPS) is 20.1. The number of ether oxygens (including phenoxy) is 1. The average molecular weight is 272 g/mol. The number of hydrogen-bond donors (Lipinski definition) is 1. The Labute approximate surface area is 119 Å². The van der Waals surface area contributed by atoms with Crippen molar-refractivity contribution in [1.82, 2.24) is 0 Å². The summed E-state index contributed by atoms with van der Waals surface area (Å²) in [7, 11) is 0. The average Bonchev–Trinajstić information content (AvgIpc) is 2.77. The van der Waals surface area contributed by atoms with Crippen molar-refractivity contribution in [2.24, 2.45) is 11.3 Å². The number of benzene rings is 1. The molecule has 4 heteroatoms. The van der Waals surface area contributed by atoms with Gasteiger partial charge in [0.25, 0.3) is 0 Å².